The number of halogens is 1. The highest BCUT2D eigenvalue weighted by Crippen LogP contribution is 2.27. The molecule has 1 fully saturated rings. The molecule has 1 aliphatic heterocycles. The summed E-state index contributed by atoms with van der Waals surface area (Å²) in [5, 5.41) is 0. The van der Waals surface area contributed by atoms with Gasteiger partial charge in [-0.05, 0) is 5.56 Å². The predicted molar refractivity (Wildman–Crippen MR) is 66.8 cm³/mol. The molecule has 0 unspecified atom stereocenters. The number of primary amides is 1. The minimum absolute atomic E-state index is 0. The Morgan fingerprint density at radius 2 is 2.00 bits per heavy atom. The summed E-state index contributed by atoms with van der Waals surface area (Å²) in [6.45, 7) is 0.619. The first-order chi connectivity index (χ1) is 7.66. The zero-order valence-corrected chi connectivity index (χ0v) is 10.2. The van der Waals surface area contributed by atoms with Crippen LogP contribution in [0.5, 0.6) is 0 Å². The molecule has 2 rings (SSSR count). The number of carbonyl (C=O) groups is 2. The SMILES string of the molecule is Cl.NC(=O)CN1C[C@@H](c2ccccc2)CC1=O. The van der Waals surface area contributed by atoms with E-state index in [0.717, 1.165) is 5.56 Å². The zero-order chi connectivity index (χ0) is 11.5. The monoisotopic (exact) mass is 254 g/mol. The molecule has 1 heterocycles. The zero-order valence-electron chi connectivity index (χ0n) is 9.33. The second kappa shape index (κ2) is 5.68. The van der Waals surface area contributed by atoms with E-state index in [2.05, 4.69) is 0 Å². The van der Waals surface area contributed by atoms with Crippen LogP contribution >= 0.6 is 12.4 Å². The lowest BCUT2D eigenvalue weighted by Crippen LogP contribution is -2.34. The maximum Gasteiger partial charge on any atom is 0.237 e. The highest BCUT2D eigenvalue weighted by molar-refractivity contribution is 5.86. The van der Waals surface area contributed by atoms with Gasteiger partial charge in [0.05, 0.1) is 6.54 Å². The average Bonchev–Trinajstić information content (AvgIpc) is 2.61. The van der Waals surface area contributed by atoms with Crippen LogP contribution < -0.4 is 5.73 Å². The number of rotatable bonds is 3. The van der Waals surface area contributed by atoms with E-state index in [9.17, 15) is 9.59 Å². The first-order valence-corrected chi connectivity index (χ1v) is 5.28. The van der Waals surface area contributed by atoms with Crippen LogP contribution in [0.3, 0.4) is 0 Å². The van der Waals surface area contributed by atoms with E-state index in [0.29, 0.717) is 13.0 Å². The molecule has 4 nitrogen and oxygen atoms in total. The van der Waals surface area contributed by atoms with Crippen LogP contribution in [-0.4, -0.2) is 29.8 Å². The Balaban J connectivity index is 0.00000144. The van der Waals surface area contributed by atoms with Crippen LogP contribution in [-0.2, 0) is 9.59 Å². The van der Waals surface area contributed by atoms with Gasteiger partial charge in [0.1, 0.15) is 0 Å². The standard InChI is InChI=1S/C12H14N2O2.ClH/c13-11(15)8-14-7-10(6-12(14)16)9-4-2-1-3-5-9;/h1-5,10H,6-8H2,(H2,13,15);1H/t10-;/m0./s1. The highest BCUT2D eigenvalue weighted by atomic mass is 35.5. The van der Waals surface area contributed by atoms with Crippen molar-refractivity contribution in [2.24, 2.45) is 5.73 Å². The van der Waals surface area contributed by atoms with Crippen molar-refractivity contribution < 1.29 is 9.59 Å². The minimum atomic E-state index is -0.456. The molecule has 1 aromatic rings. The molecule has 0 spiro atoms. The molecule has 1 aliphatic rings. The van der Waals surface area contributed by atoms with Crippen molar-refractivity contribution in [3.8, 4) is 0 Å². The van der Waals surface area contributed by atoms with Gasteiger partial charge in [-0.25, -0.2) is 0 Å². The molecule has 0 radical (unpaired) electrons. The fraction of sp³-hybridized carbons (Fsp3) is 0.333. The van der Waals surface area contributed by atoms with Crippen LogP contribution in [0, 0.1) is 0 Å². The lowest BCUT2D eigenvalue weighted by molar-refractivity contribution is -0.132. The van der Waals surface area contributed by atoms with Gasteiger partial charge in [0, 0.05) is 18.9 Å². The molecule has 0 bridgehead atoms. The second-order valence-corrected chi connectivity index (χ2v) is 4.05. The van der Waals surface area contributed by atoms with E-state index in [4.69, 9.17) is 5.73 Å². The van der Waals surface area contributed by atoms with Crippen molar-refractivity contribution in [2.75, 3.05) is 13.1 Å². The van der Waals surface area contributed by atoms with Gasteiger partial charge < -0.3 is 10.6 Å². The van der Waals surface area contributed by atoms with Crippen LogP contribution in [0.4, 0.5) is 0 Å². The lowest BCUT2D eigenvalue weighted by Gasteiger charge is -2.14. The maximum atomic E-state index is 11.6. The van der Waals surface area contributed by atoms with Gasteiger partial charge in [0.15, 0.2) is 0 Å². The molecule has 2 amide bonds. The quantitative estimate of drug-likeness (QED) is 0.872. The summed E-state index contributed by atoms with van der Waals surface area (Å²) in [5.41, 5.74) is 6.23. The third-order valence-electron chi connectivity index (χ3n) is 2.83. The largest absolute Gasteiger partial charge is 0.368 e. The molecule has 2 N–H and O–H groups in total. The fourth-order valence-electron chi connectivity index (χ4n) is 2.06. The van der Waals surface area contributed by atoms with E-state index in [1.807, 2.05) is 30.3 Å². The molecular weight excluding hydrogens is 240 g/mol. The van der Waals surface area contributed by atoms with Gasteiger partial charge in [-0.15, -0.1) is 12.4 Å². The topological polar surface area (TPSA) is 63.4 Å². The summed E-state index contributed by atoms with van der Waals surface area (Å²) in [4.78, 5) is 23.9. The normalized spacial score (nSPS) is 18.9. The minimum Gasteiger partial charge on any atom is -0.368 e. The molecule has 1 atom stereocenters. The predicted octanol–water partition coefficient (Wildman–Crippen LogP) is 0.910. The van der Waals surface area contributed by atoms with Crippen LogP contribution in [0.15, 0.2) is 30.3 Å². The van der Waals surface area contributed by atoms with E-state index >= 15 is 0 Å². The number of nitrogens with two attached hydrogens (primary N) is 1. The number of nitrogens with zero attached hydrogens (tertiary/aromatic N) is 1. The van der Waals surface area contributed by atoms with E-state index in [-0.39, 0.29) is 30.8 Å². The molecule has 1 aromatic carbocycles. The summed E-state index contributed by atoms with van der Waals surface area (Å²) < 4.78 is 0. The van der Waals surface area contributed by atoms with Crippen molar-refractivity contribution in [3.05, 3.63) is 35.9 Å². The van der Waals surface area contributed by atoms with Crippen molar-refractivity contribution in [2.45, 2.75) is 12.3 Å². The first-order valence-electron chi connectivity index (χ1n) is 5.28. The lowest BCUT2D eigenvalue weighted by atomic mass is 9.99. The van der Waals surface area contributed by atoms with Gasteiger partial charge in [-0.3, -0.25) is 9.59 Å². The molecule has 0 aromatic heterocycles. The number of hydrogen-bond acceptors (Lipinski definition) is 2. The molecular formula is C12H15ClN2O2. The number of hydrogen-bond donors (Lipinski definition) is 1. The Morgan fingerprint density at radius 1 is 1.35 bits per heavy atom. The number of amides is 2. The smallest absolute Gasteiger partial charge is 0.237 e. The van der Waals surface area contributed by atoms with E-state index in [1.165, 1.54) is 4.90 Å². The summed E-state index contributed by atoms with van der Waals surface area (Å²) in [5.74, 6) is -0.261. The first kappa shape index (κ1) is 13.5. The molecule has 92 valence electrons. The van der Waals surface area contributed by atoms with Crippen LogP contribution in [0.1, 0.15) is 17.9 Å². The number of carbonyl (C=O) groups excluding carboxylic acids is 2. The Hall–Kier alpha value is -1.55. The van der Waals surface area contributed by atoms with Gasteiger partial charge >= 0.3 is 0 Å². The molecule has 5 heteroatoms. The summed E-state index contributed by atoms with van der Waals surface area (Å²) in [7, 11) is 0. The number of likely N-dealkylation sites (tertiary alicyclic amines) is 1. The Bertz CT molecular complexity index is 408. The molecule has 0 aliphatic carbocycles. The van der Waals surface area contributed by atoms with E-state index < -0.39 is 5.91 Å². The molecule has 17 heavy (non-hydrogen) atoms. The van der Waals surface area contributed by atoms with Crippen LogP contribution in [0.25, 0.3) is 0 Å². The Kier molecular flexibility index (Phi) is 4.52. The van der Waals surface area contributed by atoms with Crippen molar-refractivity contribution >= 4 is 24.2 Å². The molecule has 0 saturated carbocycles. The Morgan fingerprint density at radius 3 is 2.59 bits per heavy atom. The number of benzene rings is 1. The van der Waals surface area contributed by atoms with Crippen molar-refractivity contribution in [1.29, 1.82) is 0 Å². The average molecular weight is 255 g/mol. The third-order valence-corrected chi connectivity index (χ3v) is 2.83. The Labute approximate surface area is 106 Å². The van der Waals surface area contributed by atoms with Crippen molar-refractivity contribution in [3.63, 3.8) is 0 Å². The van der Waals surface area contributed by atoms with Gasteiger partial charge in [-0.1, -0.05) is 30.3 Å². The maximum absolute atomic E-state index is 11.6. The van der Waals surface area contributed by atoms with Gasteiger partial charge in [-0.2, -0.15) is 0 Å². The van der Waals surface area contributed by atoms with E-state index in [1.54, 1.807) is 0 Å². The highest BCUT2D eigenvalue weighted by Gasteiger charge is 2.30. The van der Waals surface area contributed by atoms with Gasteiger partial charge in [0.2, 0.25) is 11.8 Å². The van der Waals surface area contributed by atoms with Crippen LogP contribution in [0.2, 0.25) is 0 Å². The third kappa shape index (κ3) is 3.20. The summed E-state index contributed by atoms with van der Waals surface area (Å²) in [6.07, 6.45) is 0.470. The summed E-state index contributed by atoms with van der Waals surface area (Å²) in [6, 6.07) is 9.87. The fourth-order valence-corrected chi connectivity index (χ4v) is 2.06. The van der Waals surface area contributed by atoms with Crippen molar-refractivity contribution in [1.82, 2.24) is 4.90 Å². The van der Waals surface area contributed by atoms with Gasteiger partial charge in [0.25, 0.3) is 0 Å². The molecule has 1 saturated heterocycles. The summed E-state index contributed by atoms with van der Waals surface area (Å²) >= 11 is 0. The second-order valence-electron chi connectivity index (χ2n) is 4.05.